The number of amides is 2. The molecule has 0 aromatic heterocycles. The van der Waals surface area contributed by atoms with Crippen LogP contribution in [-0.2, 0) is 9.59 Å². The summed E-state index contributed by atoms with van der Waals surface area (Å²) in [5.41, 5.74) is 1.91. The molecule has 7 heteroatoms. The van der Waals surface area contributed by atoms with Crippen molar-refractivity contribution in [1.82, 2.24) is 0 Å². The Morgan fingerprint density at radius 3 is 2.27 bits per heavy atom. The van der Waals surface area contributed by atoms with Gasteiger partial charge in [-0.2, -0.15) is 0 Å². The largest absolute Gasteiger partial charge is 0.326 e. The highest BCUT2D eigenvalue weighted by molar-refractivity contribution is 8.16. The van der Waals surface area contributed by atoms with Crippen molar-refractivity contribution < 1.29 is 14.0 Å². The lowest BCUT2D eigenvalue weighted by molar-refractivity contribution is -0.121. The molecule has 4 rings (SSSR count). The van der Waals surface area contributed by atoms with E-state index in [1.165, 1.54) is 36.0 Å². The molecule has 0 spiro atoms. The minimum atomic E-state index is -0.604. The highest BCUT2D eigenvalue weighted by Gasteiger charge is 2.40. The average Bonchev–Trinajstić information content (AvgIpc) is 3.05. The number of para-hydroxylation sites is 2. The van der Waals surface area contributed by atoms with E-state index in [4.69, 9.17) is 0 Å². The number of nitrogens with one attached hydrogen (secondary N) is 1. The van der Waals surface area contributed by atoms with Gasteiger partial charge in [-0.15, -0.1) is 0 Å². The molecule has 1 fully saturated rings. The molecular weight excluding hydrogens is 401 g/mol. The van der Waals surface area contributed by atoms with Gasteiger partial charge in [0.1, 0.15) is 11.1 Å². The summed E-state index contributed by atoms with van der Waals surface area (Å²) >= 11 is 1.26. The van der Waals surface area contributed by atoms with Gasteiger partial charge in [0.15, 0.2) is 5.17 Å². The van der Waals surface area contributed by atoms with Crippen LogP contribution in [0.2, 0.25) is 0 Å². The van der Waals surface area contributed by atoms with Crippen molar-refractivity contribution in [2.45, 2.75) is 11.7 Å². The van der Waals surface area contributed by atoms with Crippen molar-refractivity contribution in [3.05, 3.63) is 90.7 Å². The number of halogens is 1. The number of anilines is 2. The Labute approximate surface area is 177 Å². The Balaban J connectivity index is 1.56. The summed E-state index contributed by atoms with van der Waals surface area (Å²) in [4.78, 5) is 31.8. The number of carbonyl (C=O) groups is 2. The summed E-state index contributed by atoms with van der Waals surface area (Å²) < 4.78 is 13.0. The van der Waals surface area contributed by atoms with Gasteiger partial charge in [0.2, 0.25) is 11.8 Å². The van der Waals surface area contributed by atoms with Crippen molar-refractivity contribution in [3.8, 4) is 0 Å². The van der Waals surface area contributed by atoms with E-state index in [1.54, 1.807) is 4.90 Å². The third kappa shape index (κ3) is 4.58. The second kappa shape index (κ2) is 8.92. The lowest BCUT2D eigenvalue weighted by Gasteiger charge is -2.16. The molecular formula is C23H18FN3O2S. The zero-order chi connectivity index (χ0) is 20.9. The molecule has 1 aliphatic heterocycles. The molecule has 1 N–H and O–H groups in total. The second-order valence-corrected chi connectivity index (χ2v) is 7.77. The fourth-order valence-electron chi connectivity index (χ4n) is 3.02. The summed E-state index contributed by atoms with van der Waals surface area (Å²) in [5.74, 6) is -0.897. The fourth-order valence-corrected chi connectivity index (χ4v) is 4.17. The van der Waals surface area contributed by atoms with E-state index in [9.17, 15) is 14.0 Å². The lowest BCUT2D eigenvalue weighted by atomic mass is 10.2. The summed E-state index contributed by atoms with van der Waals surface area (Å²) in [6.07, 6.45) is -0.0159. The van der Waals surface area contributed by atoms with E-state index in [-0.39, 0.29) is 24.1 Å². The van der Waals surface area contributed by atoms with E-state index >= 15 is 0 Å². The Morgan fingerprint density at radius 2 is 1.60 bits per heavy atom. The first kappa shape index (κ1) is 19.8. The maximum Gasteiger partial charge on any atom is 0.247 e. The standard InChI is InChI=1S/C23H18FN3O2S/c24-16-11-13-18(14-12-16)25-21(28)15-20-22(29)27(19-9-5-2-6-10-19)23(30-20)26-17-7-3-1-4-8-17/h1-14,20H,15H2,(H,25,28)/t20-/m1/s1. The fraction of sp³-hybridized carbons (Fsp3) is 0.0870. The van der Waals surface area contributed by atoms with E-state index in [1.807, 2.05) is 60.7 Å². The maximum atomic E-state index is 13.1. The molecule has 0 unspecified atom stereocenters. The van der Waals surface area contributed by atoms with Gasteiger partial charge in [-0.05, 0) is 48.5 Å². The number of amidine groups is 1. The van der Waals surface area contributed by atoms with Crippen molar-refractivity contribution in [2.75, 3.05) is 10.2 Å². The zero-order valence-corrected chi connectivity index (χ0v) is 16.7. The van der Waals surface area contributed by atoms with Gasteiger partial charge in [-0.1, -0.05) is 48.2 Å². The van der Waals surface area contributed by atoms with Crippen LogP contribution in [0.15, 0.2) is 89.9 Å². The molecule has 0 bridgehead atoms. The SMILES string of the molecule is O=C(C[C@H]1SC(=Nc2ccccc2)N(c2ccccc2)C1=O)Nc1ccc(F)cc1. The van der Waals surface area contributed by atoms with Crippen molar-refractivity contribution in [3.63, 3.8) is 0 Å². The van der Waals surface area contributed by atoms with Crippen LogP contribution in [-0.4, -0.2) is 22.2 Å². The Bertz CT molecular complexity index is 1070. The van der Waals surface area contributed by atoms with Crippen LogP contribution < -0.4 is 10.2 Å². The molecule has 2 amide bonds. The summed E-state index contributed by atoms with van der Waals surface area (Å²) in [5, 5.41) is 2.63. The van der Waals surface area contributed by atoms with E-state index < -0.39 is 5.25 Å². The smallest absolute Gasteiger partial charge is 0.247 e. The lowest BCUT2D eigenvalue weighted by Crippen LogP contribution is -2.33. The Morgan fingerprint density at radius 1 is 0.967 bits per heavy atom. The third-order valence-electron chi connectivity index (χ3n) is 4.43. The van der Waals surface area contributed by atoms with E-state index in [0.29, 0.717) is 16.5 Å². The van der Waals surface area contributed by atoms with Gasteiger partial charge in [-0.3, -0.25) is 14.5 Å². The molecule has 3 aromatic carbocycles. The number of thioether (sulfide) groups is 1. The normalized spacial score (nSPS) is 17.4. The molecule has 3 aromatic rings. The summed E-state index contributed by atoms with van der Waals surface area (Å²) in [6, 6.07) is 24.1. The first-order valence-corrected chi connectivity index (χ1v) is 10.2. The van der Waals surface area contributed by atoms with Crippen LogP contribution in [0.5, 0.6) is 0 Å². The van der Waals surface area contributed by atoms with Crippen LogP contribution in [0.3, 0.4) is 0 Å². The van der Waals surface area contributed by atoms with Crippen LogP contribution in [0.1, 0.15) is 6.42 Å². The minimum Gasteiger partial charge on any atom is -0.326 e. The van der Waals surface area contributed by atoms with Gasteiger partial charge in [-0.25, -0.2) is 9.38 Å². The molecule has 1 atom stereocenters. The van der Waals surface area contributed by atoms with Gasteiger partial charge in [0.05, 0.1) is 11.4 Å². The van der Waals surface area contributed by atoms with Crippen molar-refractivity contribution >= 4 is 45.8 Å². The number of hydrogen-bond donors (Lipinski definition) is 1. The van der Waals surface area contributed by atoms with Crippen LogP contribution in [0.4, 0.5) is 21.5 Å². The molecule has 0 aliphatic carbocycles. The highest BCUT2D eigenvalue weighted by Crippen LogP contribution is 2.35. The number of nitrogens with zero attached hydrogens (tertiary/aromatic N) is 2. The molecule has 1 saturated heterocycles. The van der Waals surface area contributed by atoms with Crippen LogP contribution in [0, 0.1) is 5.82 Å². The number of benzene rings is 3. The van der Waals surface area contributed by atoms with Gasteiger partial charge in [0.25, 0.3) is 0 Å². The quantitative estimate of drug-likeness (QED) is 0.634. The number of aliphatic imine (C=N–C) groups is 1. The predicted octanol–water partition coefficient (Wildman–Crippen LogP) is 4.99. The highest BCUT2D eigenvalue weighted by atomic mass is 32.2. The van der Waals surface area contributed by atoms with E-state index in [0.717, 1.165) is 5.69 Å². The maximum absolute atomic E-state index is 13.1. The van der Waals surface area contributed by atoms with Gasteiger partial charge >= 0.3 is 0 Å². The predicted molar refractivity (Wildman–Crippen MR) is 118 cm³/mol. The van der Waals surface area contributed by atoms with E-state index in [2.05, 4.69) is 10.3 Å². The molecule has 5 nitrogen and oxygen atoms in total. The monoisotopic (exact) mass is 419 g/mol. The zero-order valence-electron chi connectivity index (χ0n) is 15.9. The third-order valence-corrected chi connectivity index (χ3v) is 5.57. The van der Waals surface area contributed by atoms with Crippen molar-refractivity contribution in [1.29, 1.82) is 0 Å². The molecule has 150 valence electrons. The topological polar surface area (TPSA) is 61.8 Å². The van der Waals surface area contributed by atoms with Gasteiger partial charge in [0, 0.05) is 12.1 Å². The first-order valence-electron chi connectivity index (χ1n) is 9.35. The number of carbonyl (C=O) groups excluding carboxylic acids is 2. The van der Waals surface area contributed by atoms with Crippen LogP contribution >= 0.6 is 11.8 Å². The molecule has 30 heavy (non-hydrogen) atoms. The molecule has 0 saturated carbocycles. The number of rotatable bonds is 5. The summed E-state index contributed by atoms with van der Waals surface area (Å²) in [7, 11) is 0. The van der Waals surface area contributed by atoms with Gasteiger partial charge < -0.3 is 5.32 Å². The number of hydrogen-bond acceptors (Lipinski definition) is 4. The molecule has 0 radical (unpaired) electrons. The average molecular weight is 419 g/mol. The first-order chi connectivity index (χ1) is 14.6. The minimum absolute atomic E-state index is 0.0159. The molecule has 1 heterocycles. The molecule has 1 aliphatic rings. The Kier molecular flexibility index (Phi) is 5.90. The summed E-state index contributed by atoms with van der Waals surface area (Å²) in [6.45, 7) is 0. The Hall–Kier alpha value is -3.45. The second-order valence-electron chi connectivity index (χ2n) is 6.60. The van der Waals surface area contributed by atoms with Crippen LogP contribution in [0.25, 0.3) is 0 Å². The van der Waals surface area contributed by atoms with Crippen molar-refractivity contribution in [2.24, 2.45) is 4.99 Å².